The van der Waals surface area contributed by atoms with E-state index in [2.05, 4.69) is 11.7 Å². The van der Waals surface area contributed by atoms with Crippen LogP contribution >= 0.6 is 0 Å². The summed E-state index contributed by atoms with van der Waals surface area (Å²) < 4.78 is 1.72. The summed E-state index contributed by atoms with van der Waals surface area (Å²) >= 11 is 0. The predicted molar refractivity (Wildman–Crippen MR) is 45.6 cm³/mol. The number of aromatic nitrogens is 2. The maximum absolute atomic E-state index is 5.35. The van der Waals surface area contributed by atoms with E-state index in [0.717, 1.165) is 11.1 Å². The highest BCUT2D eigenvalue weighted by atomic mass is 15.2. The fourth-order valence-corrected chi connectivity index (χ4v) is 0.852. The van der Waals surface area contributed by atoms with Crippen LogP contribution in [0.5, 0.6) is 0 Å². The monoisotopic (exact) mass is 149 g/mol. The van der Waals surface area contributed by atoms with Gasteiger partial charge in [-0.3, -0.25) is 4.68 Å². The highest BCUT2D eigenvalue weighted by Crippen LogP contribution is 2.11. The zero-order chi connectivity index (χ0) is 8.27. The van der Waals surface area contributed by atoms with Crippen molar-refractivity contribution < 1.29 is 0 Å². The molecule has 0 saturated carbocycles. The van der Waals surface area contributed by atoms with Gasteiger partial charge < -0.3 is 5.73 Å². The van der Waals surface area contributed by atoms with Crippen LogP contribution in [-0.2, 0) is 7.05 Å². The molecule has 3 nitrogen and oxygen atoms in total. The Bertz CT molecular complexity index is 283. The summed E-state index contributed by atoms with van der Waals surface area (Å²) in [6.45, 7) is 3.63. The summed E-state index contributed by atoms with van der Waals surface area (Å²) in [5.74, 6) is 0. The van der Waals surface area contributed by atoms with Gasteiger partial charge in [0.25, 0.3) is 0 Å². The molecule has 1 aromatic heterocycles. The van der Waals surface area contributed by atoms with Crippen molar-refractivity contribution in [1.29, 1.82) is 0 Å². The van der Waals surface area contributed by atoms with Gasteiger partial charge in [-0.05, 0) is 5.57 Å². The molecule has 2 N–H and O–H groups in total. The summed E-state index contributed by atoms with van der Waals surface area (Å²) in [6.07, 6.45) is 6.86. The van der Waals surface area contributed by atoms with Gasteiger partial charge in [-0.25, -0.2) is 0 Å². The van der Waals surface area contributed by atoms with Gasteiger partial charge >= 0.3 is 0 Å². The molecule has 0 aromatic carbocycles. The minimum absolute atomic E-state index is 0.901. The second-order valence-electron chi connectivity index (χ2n) is 2.23. The van der Waals surface area contributed by atoms with E-state index in [1.54, 1.807) is 17.0 Å². The van der Waals surface area contributed by atoms with E-state index in [1.807, 2.05) is 13.2 Å². The van der Waals surface area contributed by atoms with E-state index in [4.69, 9.17) is 5.73 Å². The second-order valence-corrected chi connectivity index (χ2v) is 2.23. The third-order valence-corrected chi connectivity index (χ3v) is 1.44. The standard InChI is InChI=1S/C8H11N3/c1-3-7(4-9)8-5-10-11(2)6-8/h3-6H,1,9H2,2H3/b7-4+. The Labute approximate surface area is 65.8 Å². The van der Waals surface area contributed by atoms with Crippen LogP contribution in [0.25, 0.3) is 5.57 Å². The zero-order valence-corrected chi connectivity index (χ0v) is 6.49. The minimum atomic E-state index is 0.901. The quantitative estimate of drug-likeness (QED) is 0.635. The Morgan fingerprint density at radius 1 is 1.82 bits per heavy atom. The molecule has 11 heavy (non-hydrogen) atoms. The van der Waals surface area contributed by atoms with Gasteiger partial charge in [0.2, 0.25) is 0 Å². The van der Waals surface area contributed by atoms with E-state index in [0.29, 0.717) is 0 Å². The lowest BCUT2D eigenvalue weighted by Gasteiger charge is -1.92. The van der Waals surface area contributed by atoms with Crippen molar-refractivity contribution in [2.24, 2.45) is 12.8 Å². The number of hydrogen-bond donors (Lipinski definition) is 1. The molecule has 1 heterocycles. The molecular formula is C8H11N3. The molecule has 58 valence electrons. The molecule has 0 fully saturated rings. The topological polar surface area (TPSA) is 43.8 Å². The average molecular weight is 149 g/mol. The second kappa shape index (κ2) is 3.05. The van der Waals surface area contributed by atoms with Crippen LogP contribution in [0.1, 0.15) is 5.56 Å². The van der Waals surface area contributed by atoms with Gasteiger partial charge in [0, 0.05) is 25.0 Å². The van der Waals surface area contributed by atoms with Crippen LogP contribution in [0.4, 0.5) is 0 Å². The number of rotatable bonds is 2. The Hall–Kier alpha value is -1.51. The zero-order valence-electron chi connectivity index (χ0n) is 6.49. The Morgan fingerprint density at radius 3 is 2.91 bits per heavy atom. The van der Waals surface area contributed by atoms with Crippen LogP contribution in [0, 0.1) is 0 Å². The molecule has 0 bridgehead atoms. The van der Waals surface area contributed by atoms with Gasteiger partial charge in [0.15, 0.2) is 0 Å². The molecular weight excluding hydrogens is 138 g/mol. The largest absolute Gasteiger partial charge is 0.404 e. The van der Waals surface area contributed by atoms with E-state index < -0.39 is 0 Å². The molecule has 3 heteroatoms. The van der Waals surface area contributed by atoms with Crippen molar-refractivity contribution in [3.8, 4) is 0 Å². The summed E-state index contributed by atoms with van der Waals surface area (Å²) in [7, 11) is 1.86. The first kappa shape index (κ1) is 7.60. The van der Waals surface area contributed by atoms with E-state index >= 15 is 0 Å². The number of nitrogens with zero attached hydrogens (tertiary/aromatic N) is 2. The first-order valence-electron chi connectivity index (χ1n) is 3.31. The van der Waals surface area contributed by atoms with Crippen molar-refractivity contribution in [2.45, 2.75) is 0 Å². The molecule has 0 aliphatic heterocycles. The predicted octanol–water partition coefficient (Wildman–Crippen LogP) is 0.906. The molecule has 0 aliphatic rings. The number of aryl methyl sites for hydroxylation is 1. The Balaban J connectivity index is 3.00. The molecule has 0 saturated heterocycles. The van der Waals surface area contributed by atoms with Crippen molar-refractivity contribution >= 4 is 5.57 Å². The van der Waals surface area contributed by atoms with Crippen LogP contribution in [0.15, 0.2) is 31.2 Å². The number of hydrogen-bond acceptors (Lipinski definition) is 2. The molecule has 0 amide bonds. The van der Waals surface area contributed by atoms with E-state index in [1.165, 1.54) is 6.20 Å². The minimum Gasteiger partial charge on any atom is -0.404 e. The smallest absolute Gasteiger partial charge is 0.0568 e. The fraction of sp³-hybridized carbons (Fsp3) is 0.125. The van der Waals surface area contributed by atoms with Gasteiger partial charge in [-0.1, -0.05) is 12.7 Å². The number of nitrogens with two attached hydrogens (primary N) is 1. The average Bonchev–Trinajstić information content (AvgIpc) is 2.39. The highest BCUT2D eigenvalue weighted by molar-refractivity contribution is 5.72. The SMILES string of the molecule is C=C/C(=C\N)c1cnn(C)c1. The van der Waals surface area contributed by atoms with Crippen molar-refractivity contribution in [3.63, 3.8) is 0 Å². The lowest BCUT2D eigenvalue weighted by Crippen LogP contribution is -1.86. The van der Waals surface area contributed by atoms with Crippen molar-refractivity contribution in [3.05, 3.63) is 36.8 Å². The van der Waals surface area contributed by atoms with Gasteiger partial charge in [0.1, 0.15) is 0 Å². The fourth-order valence-electron chi connectivity index (χ4n) is 0.852. The van der Waals surface area contributed by atoms with Gasteiger partial charge in [0.05, 0.1) is 6.20 Å². The Morgan fingerprint density at radius 2 is 2.55 bits per heavy atom. The maximum atomic E-state index is 5.35. The highest BCUT2D eigenvalue weighted by Gasteiger charge is 1.97. The molecule has 1 aromatic rings. The lowest BCUT2D eigenvalue weighted by atomic mass is 10.1. The third kappa shape index (κ3) is 1.49. The number of allylic oxidation sites excluding steroid dienone is 2. The molecule has 1 rings (SSSR count). The molecule has 0 radical (unpaired) electrons. The normalized spacial score (nSPS) is 11.5. The summed E-state index contributed by atoms with van der Waals surface area (Å²) in [5.41, 5.74) is 7.25. The van der Waals surface area contributed by atoms with Crippen molar-refractivity contribution in [2.75, 3.05) is 0 Å². The molecule has 0 unspecified atom stereocenters. The third-order valence-electron chi connectivity index (χ3n) is 1.44. The molecule has 0 aliphatic carbocycles. The first-order chi connectivity index (χ1) is 5.27. The lowest BCUT2D eigenvalue weighted by molar-refractivity contribution is 0.767. The summed E-state index contributed by atoms with van der Waals surface area (Å²) in [5, 5.41) is 4.01. The van der Waals surface area contributed by atoms with Crippen molar-refractivity contribution in [1.82, 2.24) is 9.78 Å². The Kier molecular flexibility index (Phi) is 2.11. The van der Waals surface area contributed by atoms with Crippen LogP contribution < -0.4 is 5.73 Å². The molecule has 0 atom stereocenters. The van der Waals surface area contributed by atoms with Gasteiger partial charge in [-0.15, -0.1) is 0 Å². The van der Waals surface area contributed by atoms with Crippen LogP contribution in [0.2, 0.25) is 0 Å². The van der Waals surface area contributed by atoms with Crippen LogP contribution in [-0.4, -0.2) is 9.78 Å². The first-order valence-corrected chi connectivity index (χ1v) is 3.31. The van der Waals surface area contributed by atoms with E-state index in [-0.39, 0.29) is 0 Å². The van der Waals surface area contributed by atoms with Gasteiger partial charge in [-0.2, -0.15) is 5.10 Å². The van der Waals surface area contributed by atoms with E-state index in [9.17, 15) is 0 Å². The summed E-state index contributed by atoms with van der Waals surface area (Å²) in [4.78, 5) is 0. The summed E-state index contributed by atoms with van der Waals surface area (Å²) in [6, 6.07) is 0. The van der Waals surface area contributed by atoms with Crippen LogP contribution in [0.3, 0.4) is 0 Å². The molecule has 0 spiro atoms. The maximum Gasteiger partial charge on any atom is 0.0568 e.